The zero-order valence-electron chi connectivity index (χ0n) is 17.6. The van der Waals surface area contributed by atoms with Crippen LogP contribution in [0.5, 0.6) is 11.5 Å². The molecule has 7 nitrogen and oxygen atoms in total. The van der Waals surface area contributed by atoms with Crippen LogP contribution in [0.3, 0.4) is 0 Å². The summed E-state index contributed by atoms with van der Waals surface area (Å²) in [6.45, 7) is 2.22. The molecule has 0 aromatic heterocycles. The highest BCUT2D eigenvalue weighted by Crippen LogP contribution is 2.29. The second kappa shape index (κ2) is 11.0. The second-order valence-corrected chi connectivity index (χ2v) is 7.22. The molecule has 32 heavy (non-hydrogen) atoms. The number of halogens is 1. The van der Waals surface area contributed by atoms with E-state index in [2.05, 4.69) is 15.8 Å². The van der Waals surface area contributed by atoms with Crippen LogP contribution in [0.15, 0.2) is 71.8 Å². The Morgan fingerprint density at radius 1 is 1.00 bits per heavy atom. The van der Waals surface area contributed by atoms with Crippen molar-refractivity contribution >= 4 is 35.3 Å². The molecule has 0 saturated heterocycles. The van der Waals surface area contributed by atoms with E-state index < -0.39 is 11.8 Å². The van der Waals surface area contributed by atoms with Crippen LogP contribution in [0, 0.1) is 6.92 Å². The quantitative estimate of drug-likeness (QED) is 0.318. The standard InChI is InChI=1S/C24H22ClN3O4/c1-16-7-10-19(11-8-16)27-23(29)24(30)28-26-14-17-9-12-21(22(13-17)31-2)32-15-18-5-3-4-6-20(18)25/h3-14H,15H2,1-2H3,(H,27,29)(H,28,30)/b26-14+. The fraction of sp³-hybridized carbons (Fsp3) is 0.125. The number of hydrazone groups is 1. The fourth-order valence-electron chi connectivity index (χ4n) is 2.70. The molecule has 2 N–H and O–H groups in total. The number of nitrogens with one attached hydrogen (secondary N) is 2. The molecule has 164 valence electrons. The Bertz CT molecular complexity index is 1130. The zero-order chi connectivity index (χ0) is 22.9. The van der Waals surface area contributed by atoms with Crippen molar-refractivity contribution in [2.45, 2.75) is 13.5 Å². The lowest BCUT2D eigenvalue weighted by Gasteiger charge is -2.12. The minimum atomic E-state index is -0.881. The maximum Gasteiger partial charge on any atom is 0.329 e. The van der Waals surface area contributed by atoms with Gasteiger partial charge in [-0.25, -0.2) is 5.43 Å². The van der Waals surface area contributed by atoms with E-state index in [4.69, 9.17) is 21.1 Å². The fourth-order valence-corrected chi connectivity index (χ4v) is 2.89. The first kappa shape index (κ1) is 22.8. The van der Waals surface area contributed by atoms with Crippen molar-refractivity contribution in [3.63, 3.8) is 0 Å². The summed E-state index contributed by atoms with van der Waals surface area (Å²) in [6.07, 6.45) is 1.40. The van der Waals surface area contributed by atoms with Crippen molar-refractivity contribution in [2.24, 2.45) is 5.10 Å². The average molecular weight is 452 g/mol. The number of amides is 2. The van der Waals surface area contributed by atoms with Gasteiger partial charge in [0.1, 0.15) is 6.61 Å². The van der Waals surface area contributed by atoms with Crippen LogP contribution < -0.4 is 20.2 Å². The van der Waals surface area contributed by atoms with Gasteiger partial charge in [0.2, 0.25) is 0 Å². The Labute approximate surface area is 191 Å². The minimum absolute atomic E-state index is 0.287. The number of anilines is 1. The van der Waals surface area contributed by atoms with Crippen molar-refractivity contribution in [3.05, 3.63) is 88.4 Å². The number of hydrogen-bond acceptors (Lipinski definition) is 5. The van der Waals surface area contributed by atoms with E-state index in [1.54, 1.807) is 36.4 Å². The first-order chi connectivity index (χ1) is 15.5. The van der Waals surface area contributed by atoms with E-state index in [0.29, 0.717) is 27.8 Å². The number of ether oxygens (including phenoxy) is 2. The first-order valence-electron chi connectivity index (χ1n) is 9.71. The topological polar surface area (TPSA) is 89.0 Å². The number of methoxy groups -OCH3 is 1. The van der Waals surface area contributed by atoms with Crippen molar-refractivity contribution in [1.29, 1.82) is 0 Å². The SMILES string of the molecule is COc1cc(/C=N/NC(=O)C(=O)Nc2ccc(C)cc2)ccc1OCc1ccccc1Cl. The Balaban J connectivity index is 1.57. The number of aryl methyl sites for hydroxylation is 1. The summed E-state index contributed by atoms with van der Waals surface area (Å²) in [6, 6.07) is 19.7. The smallest absolute Gasteiger partial charge is 0.329 e. The van der Waals surface area contributed by atoms with Gasteiger partial charge in [-0.2, -0.15) is 5.10 Å². The van der Waals surface area contributed by atoms with Crippen LogP contribution in [0.4, 0.5) is 5.69 Å². The minimum Gasteiger partial charge on any atom is -0.493 e. The third-order valence-corrected chi connectivity index (χ3v) is 4.79. The molecular formula is C24H22ClN3O4. The number of nitrogens with zero attached hydrogens (tertiary/aromatic N) is 1. The van der Waals surface area contributed by atoms with Gasteiger partial charge in [0, 0.05) is 16.3 Å². The van der Waals surface area contributed by atoms with E-state index in [1.165, 1.54) is 13.3 Å². The predicted molar refractivity (Wildman–Crippen MR) is 124 cm³/mol. The van der Waals surface area contributed by atoms with Crippen LogP contribution in [0.1, 0.15) is 16.7 Å². The summed E-state index contributed by atoms with van der Waals surface area (Å²) in [4.78, 5) is 23.9. The maximum atomic E-state index is 12.0. The molecule has 3 aromatic rings. The Morgan fingerprint density at radius 3 is 2.47 bits per heavy atom. The predicted octanol–water partition coefficient (Wildman–Crippen LogP) is 4.32. The third-order valence-electron chi connectivity index (χ3n) is 4.42. The van der Waals surface area contributed by atoms with E-state index in [-0.39, 0.29) is 6.61 Å². The lowest BCUT2D eigenvalue weighted by Crippen LogP contribution is -2.32. The highest BCUT2D eigenvalue weighted by Gasteiger charge is 2.13. The normalized spacial score (nSPS) is 10.6. The highest BCUT2D eigenvalue weighted by atomic mass is 35.5. The molecule has 0 aliphatic carbocycles. The number of benzene rings is 3. The van der Waals surface area contributed by atoms with Crippen LogP contribution in [0.25, 0.3) is 0 Å². The Hall–Kier alpha value is -3.84. The third kappa shape index (κ3) is 6.33. The number of carbonyl (C=O) groups excluding carboxylic acids is 2. The molecule has 3 aromatic carbocycles. The summed E-state index contributed by atoms with van der Waals surface area (Å²) in [5.41, 5.74) is 5.27. The highest BCUT2D eigenvalue weighted by molar-refractivity contribution is 6.39. The van der Waals surface area contributed by atoms with Crippen molar-refractivity contribution in [1.82, 2.24) is 5.43 Å². The summed E-state index contributed by atoms with van der Waals surface area (Å²) >= 11 is 6.15. The molecule has 0 unspecified atom stereocenters. The maximum absolute atomic E-state index is 12.0. The molecule has 0 fully saturated rings. The molecule has 0 aliphatic heterocycles. The van der Waals surface area contributed by atoms with Crippen LogP contribution in [-0.4, -0.2) is 25.1 Å². The molecule has 0 aliphatic rings. The van der Waals surface area contributed by atoms with Crippen molar-refractivity contribution in [2.75, 3.05) is 12.4 Å². The lowest BCUT2D eigenvalue weighted by atomic mass is 10.2. The second-order valence-electron chi connectivity index (χ2n) is 6.81. The van der Waals surface area contributed by atoms with E-state index in [0.717, 1.165) is 11.1 Å². The molecule has 0 bridgehead atoms. The molecule has 2 amide bonds. The number of rotatable bonds is 7. The van der Waals surface area contributed by atoms with Gasteiger partial charge < -0.3 is 14.8 Å². The molecule has 8 heteroatoms. The van der Waals surface area contributed by atoms with Gasteiger partial charge in [-0.3, -0.25) is 9.59 Å². The van der Waals surface area contributed by atoms with Crippen LogP contribution >= 0.6 is 11.6 Å². The molecule has 3 rings (SSSR count). The monoisotopic (exact) mass is 451 g/mol. The molecule has 0 heterocycles. The van der Waals surface area contributed by atoms with Gasteiger partial charge in [-0.15, -0.1) is 0 Å². The van der Waals surface area contributed by atoms with Gasteiger partial charge in [-0.1, -0.05) is 47.5 Å². The summed E-state index contributed by atoms with van der Waals surface area (Å²) in [7, 11) is 1.52. The molecule has 0 spiro atoms. The molecule has 0 saturated carbocycles. The molecule has 0 radical (unpaired) electrons. The van der Waals surface area contributed by atoms with Gasteiger partial charge in [0.15, 0.2) is 11.5 Å². The average Bonchev–Trinajstić information content (AvgIpc) is 2.80. The summed E-state index contributed by atoms with van der Waals surface area (Å²) < 4.78 is 11.2. The summed E-state index contributed by atoms with van der Waals surface area (Å²) in [5.74, 6) is -0.670. The van der Waals surface area contributed by atoms with Crippen LogP contribution in [0.2, 0.25) is 5.02 Å². The Kier molecular flexibility index (Phi) is 7.83. The van der Waals surface area contributed by atoms with E-state index in [1.807, 2.05) is 37.3 Å². The van der Waals surface area contributed by atoms with Gasteiger partial charge in [0.05, 0.1) is 13.3 Å². The van der Waals surface area contributed by atoms with Gasteiger partial charge in [-0.05, 0) is 48.9 Å². The summed E-state index contributed by atoms with van der Waals surface area (Å²) in [5, 5.41) is 6.96. The number of hydrogen-bond donors (Lipinski definition) is 2. The van der Waals surface area contributed by atoms with E-state index >= 15 is 0 Å². The Morgan fingerprint density at radius 2 is 1.75 bits per heavy atom. The van der Waals surface area contributed by atoms with Gasteiger partial charge in [0.25, 0.3) is 0 Å². The first-order valence-corrected chi connectivity index (χ1v) is 10.1. The largest absolute Gasteiger partial charge is 0.493 e. The van der Waals surface area contributed by atoms with Gasteiger partial charge >= 0.3 is 11.8 Å². The zero-order valence-corrected chi connectivity index (χ0v) is 18.3. The molecular weight excluding hydrogens is 430 g/mol. The van der Waals surface area contributed by atoms with Crippen molar-refractivity contribution < 1.29 is 19.1 Å². The van der Waals surface area contributed by atoms with E-state index in [9.17, 15) is 9.59 Å². The number of carbonyl (C=O) groups is 2. The van der Waals surface area contributed by atoms with Crippen LogP contribution in [-0.2, 0) is 16.2 Å². The molecule has 0 atom stereocenters. The lowest BCUT2D eigenvalue weighted by molar-refractivity contribution is -0.136. The van der Waals surface area contributed by atoms with Crippen molar-refractivity contribution in [3.8, 4) is 11.5 Å².